The van der Waals surface area contributed by atoms with Crippen LogP contribution in [-0.4, -0.2) is 16.8 Å². The number of thiophene rings is 1. The number of fused-ring (bicyclic) bond motifs is 2. The number of hydrogen-bond acceptors (Lipinski definition) is 6. The topological polar surface area (TPSA) is 56.3 Å². The van der Waals surface area contributed by atoms with E-state index in [1.54, 1.807) is 17.7 Å². The number of benzene rings is 2. The van der Waals surface area contributed by atoms with Gasteiger partial charge in [-0.05, 0) is 65.7 Å². The van der Waals surface area contributed by atoms with E-state index in [-0.39, 0.29) is 0 Å². The van der Waals surface area contributed by atoms with Crippen molar-refractivity contribution in [2.24, 2.45) is 0 Å². The molecular formula is C22H19N3O2S. The predicted octanol–water partition coefficient (Wildman–Crippen LogP) is 4.93. The van der Waals surface area contributed by atoms with E-state index in [2.05, 4.69) is 57.9 Å². The molecule has 0 aliphatic carbocycles. The first kappa shape index (κ1) is 17.0. The van der Waals surface area contributed by atoms with Gasteiger partial charge in [-0.25, -0.2) is 9.97 Å². The van der Waals surface area contributed by atoms with Crippen molar-refractivity contribution in [1.29, 1.82) is 0 Å². The lowest BCUT2D eigenvalue weighted by molar-refractivity contribution is 0.174. The largest absolute Gasteiger partial charge is 0.454 e. The Morgan fingerprint density at radius 1 is 1.00 bits per heavy atom. The Morgan fingerprint density at radius 3 is 2.75 bits per heavy atom. The van der Waals surface area contributed by atoms with Gasteiger partial charge in [0.25, 0.3) is 0 Å². The zero-order chi connectivity index (χ0) is 18.9. The lowest BCUT2D eigenvalue weighted by Gasteiger charge is -2.10. The number of nitrogens with zero attached hydrogens (tertiary/aromatic N) is 2. The fraction of sp³-hybridized carbons (Fsp3) is 0.182. The van der Waals surface area contributed by atoms with Crippen molar-refractivity contribution in [3.05, 3.63) is 75.7 Å². The summed E-state index contributed by atoms with van der Waals surface area (Å²) >= 11 is 1.76. The van der Waals surface area contributed by atoms with Gasteiger partial charge in [0.1, 0.15) is 12.1 Å². The average Bonchev–Trinajstić information content (AvgIpc) is 3.34. The molecule has 1 aliphatic heterocycles. The molecule has 5 nitrogen and oxygen atoms in total. The third kappa shape index (κ3) is 3.27. The van der Waals surface area contributed by atoms with Gasteiger partial charge in [0.15, 0.2) is 11.5 Å². The monoisotopic (exact) mass is 389 g/mol. The van der Waals surface area contributed by atoms with Crippen LogP contribution in [0.1, 0.15) is 21.6 Å². The normalized spacial score (nSPS) is 12.5. The Morgan fingerprint density at radius 2 is 1.86 bits per heavy atom. The summed E-state index contributed by atoms with van der Waals surface area (Å²) in [5.74, 6) is 2.49. The number of anilines is 1. The molecule has 5 rings (SSSR count). The number of ether oxygens (including phenoxy) is 2. The van der Waals surface area contributed by atoms with E-state index in [4.69, 9.17) is 9.47 Å². The molecule has 28 heavy (non-hydrogen) atoms. The van der Waals surface area contributed by atoms with E-state index >= 15 is 0 Å². The SMILES string of the molecule is Cc1ccsc1CNc1ncnc2ccc(Cc3ccc4c(c3)OCO4)cc12. The summed E-state index contributed by atoms with van der Waals surface area (Å²) in [7, 11) is 0. The summed E-state index contributed by atoms with van der Waals surface area (Å²) in [4.78, 5) is 10.2. The molecule has 2 aromatic carbocycles. The highest BCUT2D eigenvalue weighted by molar-refractivity contribution is 7.10. The number of nitrogens with one attached hydrogen (secondary N) is 1. The number of aromatic nitrogens is 2. The maximum Gasteiger partial charge on any atom is 0.231 e. The molecule has 1 N–H and O–H groups in total. The Balaban J connectivity index is 1.42. The molecule has 2 aromatic heterocycles. The molecule has 0 fully saturated rings. The lowest BCUT2D eigenvalue weighted by Crippen LogP contribution is -2.02. The van der Waals surface area contributed by atoms with Crippen LogP contribution in [0.5, 0.6) is 11.5 Å². The van der Waals surface area contributed by atoms with Crippen LogP contribution in [0.4, 0.5) is 5.82 Å². The smallest absolute Gasteiger partial charge is 0.231 e. The third-order valence-corrected chi connectivity index (χ3v) is 5.95. The van der Waals surface area contributed by atoms with Crippen LogP contribution in [0, 0.1) is 6.92 Å². The van der Waals surface area contributed by atoms with Gasteiger partial charge < -0.3 is 14.8 Å². The molecule has 1 aliphatic rings. The third-order valence-electron chi connectivity index (χ3n) is 4.93. The Bertz CT molecular complexity index is 1160. The maximum absolute atomic E-state index is 5.49. The summed E-state index contributed by atoms with van der Waals surface area (Å²) < 4.78 is 10.9. The van der Waals surface area contributed by atoms with Crippen molar-refractivity contribution in [1.82, 2.24) is 9.97 Å². The van der Waals surface area contributed by atoms with E-state index in [1.807, 2.05) is 12.1 Å². The first-order valence-electron chi connectivity index (χ1n) is 9.15. The Labute approximate surface area is 167 Å². The molecule has 4 aromatic rings. The summed E-state index contributed by atoms with van der Waals surface area (Å²) in [5, 5.41) is 6.63. The van der Waals surface area contributed by atoms with Crippen LogP contribution in [0.2, 0.25) is 0 Å². The van der Waals surface area contributed by atoms with Gasteiger partial charge in [-0.1, -0.05) is 12.1 Å². The van der Waals surface area contributed by atoms with Crippen LogP contribution >= 0.6 is 11.3 Å². The van der Waals surface area contributed by atoms with Gasteiger partial charge in [0, 0.05) is 10.3 Å². The second kappa shape index (κ2) is 7.13. The van der Waals surface area contributed by atoms with Crippen LogP contribution in [0.3, 0.4) is 0 Å². The van der Waals surface area contributed by atoms with Crippen molar-refractivity contribution in [3.63, 3.8) is 0 Å². The molecule has 0 unspecified atom stereocenters. The average molecular weight is 389 g/mol. The summed E-state index contributed by atoms with van der Waals surface area (Å²) in [6, 6.07) is 14.6. The Hall–Kier alpha value is -3.12. The van der Waals surface area contributed by atoms with E-state index in [0.29, 0.717) is 6.79 Å². The molecule has 3 heterocycles. The van der Waals surface area contributed by atoms with Crippen molar-refractivity contribution < 1.29 is 9.47 Å². The fourth-order valence-corrected chi connectivity index (χ4v) is 4.24. The van der Waals surface area contributed by atoms with Gasteiger partial charge >= 0.3 is 0 Å². The second-order valence-corrected chi connectivity index (χ2v) is 7.82. The quantitative estimate of drug-likeness (QED) is 0.524. The number of hydrogen-bond donors (Lipinski definition) is 1. The minimum absolute atomic E-state index is 0.296. The maximum atomic E-state index is 5.49. The standard InChI is InChI=1S/C22H19N3O2S/c1-14-6-7-28-21(14)11-23-22-17-9-15(2-4-18(17)24-12-25-22)8-16-3-5-19-20(10-16)27-13-26-19/h2-7,9-10,12H,8,11,13H2,1H3,(H,23,24,25). The van der Waals surface area contributed by atoms with Gasteiger partial charge in [-0.3, -0.25) is 0 Å². The van der Waals surface area contributed by atoms with Crippen LogP contribution in [-0.2, 0) is 13.0 Å². The molecular weight excluding hydrogens is 370 g/mol. The van der Waals surface area contributed by atoms with Crippen molar-refractivity contribution in [2.75, 3.05) is 12.1 Å². The molecule has 0 bridgehead atoms. The van der Waals surface area contributed by atoms with Crippen molar-refractivity contribution >= 4 is 28.1 Å². The molecule has 6 heteroatoms. The molecule has 140 valence electrons. The van der Waals surface area contributed by atoms with Crippen LogP contribution in [0.25, 0.3) is 10.9 Å². The van der Waals surface area contributed by atoms with E-state index in [1.165, 1.54) is 21.6 Å². The van der Waals surface area contributed by atoms with Gasteiger partial charge in [-0.2, -0.15) is 0 Å². The van der Waals surface area contributed by atoms with Crippen molar-refractivity contribution in [3.8, 4) is 11.5 Å². The van der Waals surface area contributed by atoms with Crippen molar-refractivity contribution in [2.45, 2.75) is 19.9 Å². The van der Waals surface area contributed by atoms with Gasteiger partial charge in [-0.15, -0.1) is 11.3 Å². The Kier molecular flexibility index (Phi) is 4.33. The van der Waals surface area contributed by atoms with E-state index < -0.39 is 0 Å². The zero-order valence-corrected chi connectivity index (χ0v) is 16.3. The highest BCUT2D eigenvalue weighted by atomic mass is 32.1. The van der Waals surface area contributed by atoms with Crippen LogP contribution in [0.15, 0.2) is 54.2 Å². The molecule has 0 spiro atoms. The lowest BCUT2D eigenvalue weighted by atomic mass is 10.0. The number of rotatable bonds is 5. The number of aryl methyl sites for hydroxylation is 1. The minimum Gasteiger partial charge on any atom is -0.454 e. The van der Waals surface area contributed by atoms with Gasteiger partial charge in [0.05, 0.1) is 12.1 Å². The predicted molar refractivity (Wildman–Crippen MR) is 111 cm³/mol. The molecule has 0 atom stereocenters. The molecule has 0 saturated carbocycles. The minimum atomic E-state index is 0.296. The van der Waals surface area contributed by atoms with E-state index in [9.17, 15) is 0 Å². The molecule has 0 amide bonds. The first-order chi connectivity index (χ1) is 13.8. The summed E-state index contributed by atoms with van der Waals surface area (Å²) in [6.45, 7) is 3.20. The fourth-order valence-electron chi connectivity index (χ4n) is 3.39. The van der Waals surface area contributed by atoms with E-state index in [0.717, 1.165) is 41.2 Å². The zero-order valence-electron chi connectivity index (χ0n) is 15.4. The first-order valence-corrected chi connectivity index (χ1v) is 10.0. The molecule has 0 radical (unpaired) electrons. The molecule has 0 saturated heterocycles. The second-order valence-electron chi connectivity index (χ2n) is 6.82. The highest BCUT2D eigenvalue weighted by Gasteiger charge is 2.13. The highest BCUT2D eigenvalue weighted by Crippen LogP contribution is 2.33. The summed E-state index contributed by atoms with van der Waals surface area (Å²) in [6.07, 6.45) is 2.43. The van der Waals surface area contributed by atoms with Crippen LogP contribution < -0.4 is 14.8 Å². The van der Waals surface area contributed by atoms with Gasteiger partial charge in [0.2, 0.25) is 6.79 Å². The summed E-state index contributed by atoms with van der Waals surface area (Å²) in [5.41, 5.74) is 4.63.